The van der Waals surface area contributed by atoms with Crippen molar-refractivity contribution in [3.05, 3.63) is 63.6 Å². The first kappa shape index (κ1) is 27.7. The molecule has 2 aromatic rings. The zero-order valence-corrected chi connectivity index (χ0v) is 22.2. The summed E-state index contributed by atoms with van der Waals surface area (Å²) < 4.78 is 4.89. The average molecular weight is 533 g/mol. The van der Waals surface area contributed by atoms with Crippen molar-refractivity contribution in [1.29, 1.82) is 0 Å². The van der Waals surface area contributed by atoms with Crippen molar-refractivity contribution >= 4 is 52.5 Å². The predicted octanol–water partition coefficient (Wildman–Crippen LogP) is 5.09. The second-order valence-corrected chi connectivity index (χ2v) is 10.5. The first-order valence-corrected chi connectivity index (χ1v) is 12.4. The summed E-state index contributed by atoms with van der Waals surface area (Å²) in [6.45, 7) is 5.58. The molecule has 0 heterocycles. The van der Waals surface area contributed by atoms with Crippen LogP contribution in [-0.4, -0.2) is 36.7 Å². The maximum Gasteiger partial charge on any atom is 0.328 e. The van der Waals surface area contributed by atoms with Gasteiger partial charge < -0.3 is 15.4 Å². The van der Waals surface area contributed by atoms with Gasteiger partial charge >= 0.3 is 5.97 Å². The molecule has 1 aliphatic carbocycles. The number of ketones is 1. The van der Waals surface area contributed by atoms with Gasteiger partial charge in [-0.2, -0.15) is 0 Å². The van der Waals surface area contributed by atoms with Crippen LogP contribution in [0.1, 0.15) is 49.5 Å². The number of carbonyl (C=O) groups is 4. The summed E-state index contributed by atoms with van der Waals surface area (Å²) in [6, 6.07) is 10.8. The third-order valence-corrected chi connectivity index (χ3v) is 7.69. The van der Waals surface area contributed by atoms with Crippen LogP contribution in [0.4, 0.5) is 5.69 Å². The Kier molecular flexibility index (Phi) is 8.80. The topological polar surface area (TPSA) is 102 Å². The largest absolute Gasteiger partial charge is 0.467 e. The number of amides is 2. The molecule has 2 amide bonds. The number of hydrogen-bond acceptors (Lipinski definition) is 5. The smallest absolute Gasteiger partial charge is 0.328 e. The average Bonchev–Trinajstić information content (AvgIpc) is 2.81. The Hall–Kier alpha value is -2.90. The van der Waals surface area contributed by atoms with Gasteiger partial charge in [0.1, 0.15) is 11.8 Å². The van der Waals surface area contributed by atoms with Crippen LogP contribution in [-0.2, 0) is 25.5 Å². The quantitative estimate of drug-likeness (QED) is 0.438. The molecule has 0 bridgehead atoms. The molecule has 0 aromatic heterocycles. The van der Waals surface area contributed by atoms with E-state index in [1.165, 1.54) is 7.11 Å². The number of rotatable bonds is 9. The zero-order valence-electron chi connectivity index (χ0n) is 20.7. The molecule has 192 valence electrons. The number of methoxy groups -OCH3 is 1. The van der Waals surface area contributed by atoms with Crippen molar-refractivity contribution in [2.45, 2.75) is 46.1 Å². The Morgan fingerprint density at radius 3 is 2.19 bits per heavy atom. The van der Waals surface area contributed by atoms with E-state index in [9.17, 15) is 19.2 Å². The number of hydrogen-bond donors (Lipinski definition) is 2. The minimum atomic E-state index is -0.864. The van der Waals surface area contributed by atoms with Crippen molar-refractivity contribution in [3.63, 3.8) is 0 Å². The van der Waals surface area contributed by atoms with Gasteiger partial charge in [0.15, 0.2) is 0 Å². The summed E-state index contributed by atoms with van der Waals surface area (Å²) in [5, 5.41) is 6.02. The van der Waals surface area contributed by atoms with E-state index in [1.54, 1.807) is 49.4 Å². The Morgan fingerprint density at radius 1 is 1.06 bits per heavy atom. The number of carbonyl (C=O) groups excluding carboxylic acids is 4. The Balaban J connectivity index is 1.62. The highest BCUT2D eigenvalue weighted by atomic mass is 35.5. The highest BCUT2D eigenvalue weighted by molar-refractivity contribution is 6.40. The molecule has 3 rings (SSSR count). The molecule has 1 fully saturated rings. The number of benzene rings is 2. The van der Waals surface area contributed by atoms with E-state index < -0.39 is 17.9 Å². The lowest BCUT2D eigenvalue weighted by Crippen LogP contribution is -2.51. The Bertz CT molecular complexity index is 1140. The molecule has 0 aliphatic heterocycles. The lowest BCUT2D eigenvalue weighted by atomic mass is 9.52. The van der Waals surface area contributed by atoms with Gasteiger partial charge in [-0.25, -0.2) is 4.79 Å². The summed E-state index contributed by atoms with van der Waals surface area (Å²) in [5.74, 6) is -1.09. The maximum atomic E-state index is 12.7. The zero-order chi connectivity index (χ0) is 26.6. The van der Waals surface area contributed by atoms with Crippen LogP contribution in [0.2, 0.25) is 10.0 Å². The first-order chi connectivity index (χ1) is 16.9. The molecule has 0 radical (unpaired) electrons. The third kappa shape index (κ3) is 6.26. The van der Waals surface area contributed by atoms with E-state index in [1.807, 2.05) is 13.8 Å². The number of nitrogens with one attached hydrogen (secondary N) is 2. The molecular weight excluding hydrogens is 503 g/mol. The van der Waals surface area contributed by atoms with Gasteiger partial charge in [0, 0.05) is 24.4 Å². The van der Waals surface area contributed by atoms with E-state index in [0.29, 0.717) is 12.1 Å². The fourth-order valence-corrected chi connectivity index (χ4v) is 5.30. The Morgan fingerprint density at radius 2 is 1.67 bits per heavy atom. The van der Waals surface area contributed by atoms with E-state index in [2.05, 4.69) is 10.6 Å². The van der Waals surface area contributed by atoms with Crippen LogP contribution >= 0.6 is 23.2 Å². The van der Waals surface area contributed by atoms with Gasteiger partial charge in [0.2, 0.25) is 5.91 Å². The molecular formula is C27H30Cl2N2O5. The second-order valence-electron chi connectivity index (χ2n) is 9.72. The van der Waals surface area contributed by atoms with Crippen molar-refractivity contribution < 1.29 is 23.9 Å². The summed E-state index contributed by atoms with van der Waals surface area (Å²) >= 11 is 12.2. The van der Waals surface area contributed by atoms with Gasteiger partial charge in [0.05, 0.1) is 22.7 Å². The maximum absolute atomic E-state index is 12.7. The summed E-state index contributed by atoms with van der Waals surface area (Å²) in [4.78, 5) is 49.4. The molecule has 2 aromatic carbocycles. The number of esters is 1. The number of halogens is 2. The van der Waals surface area contributed by atoms with Gasteiger partial charge in [-0.1, -0.05) is 55.2 Å². The van der Waals surface area contributed by atoms with Gasteiger partial charge in [0.25, 0.3) is 5.91 Å². The van der Waals surface area contributed by atoms with Gasteiger partial charge in [-0.05, 0) is 54.5 Å². The van der Waals surface area contributed by atoms with Gasteiger partial charge in [-0.15, -0.1) is 0 Å². The second kappa shape index (κ2) is 11.4. The predicted molar refractivity (Wildman–Crippen MR) is 139 cm³/mol. The minimum absolute atomic E-state index is 0.0420. The fraction of sp³-hybridized carbons (Fsp3) is 0.407. The summed E-state index contributed by atoms with van der Waals surface area (Å²) in [7, 11) is 1.27. The van der Waals surface area contributed by atoms with Crippen molar-refractivity contribution in [2.24, 2.45) is 17.3 Å². The molecule has 1 unspecified atom stereocenters. The normalized spacial score (nSPS) is 18.9. The molecule has 1 saturated carbocycles. The Labute approximate surface area is 220 Å². The summed E-state index contributed by atoms with van der Waals surface area (Å²) in [5.41, 5.74) is 1.21. The number of anilines is 1. The number of ether oxygens (including phenoxy) is 1. The van der Waals surface area contributed by atoms with Crippen molar-refractivity contribution in [3.8, 4) is 0 Å². The highest BCUT2D eigenvalue weighted by Crippen LogP contribution is 2.53. The number of Topliss-reactive ketones (excluding diaryl/α,β-unsaturated/α-hetero) is 1. The third-order valence-electron chi connectivity index (χ3n) is 7.06. The molecule has 7 nitrogen and oxygen atoms in total. The van der Waals surface area contributed by atoms with Crippen molar-refractivity contribution in [2.75, 3.05) is 12.4 Å². The molecule has 9 heteroatoms. The summed E-state index contributed by atoms with van der Waals surface area (Å²) in [6.07, 6.45) is 1.12. The van der Waals surface area contributed by atoms with E-state index in [4.69, 9.17) is 27.9 Å². The van der Waals surface area contributed by atoms with Crippen LogP contribution in [0.25, 0.3) is 0 Å². The van der Waals surface area contributed by atoms with Crippen LogP contribution in [0.3, 0.4) is 0 Å². The fourth-order valence-electron chi connectivity index (χ4n) is 4.73. The standard InChI is InChI=1S/C27H30Cl2N2O5/c1-15(32)19-13-17(27(19,2)3)14-23(33)31-22(26(35)36-4)12-16-8-10-18(11-9-16)30-25(34)24-20(28)6-5-7-21(24)29/h5-11,17,19,22H,12-14H2,1-4H3,(H,30,34)(H,31,33)/t17-,19+,22?/m1/s1. The van der Waals surface area contributed by atoms with Gasteiger partial charge in [-0.3, -0.25) is 14.4 Å². The van der Waals surface area contributed by atoms with Crippen LogP contribution < -0.4 is 10.6 Å². The SMILES string of the molecule is COC(=O)C(Cc1ccc(NC(=O)c2c(Cl)cccc2Cl)cc1)NC(=O)C[C@H]1C[C@@H](C(C)=O)C1(C)C. The van der Waals surface area contributed by atoms with E-state index in [-0.39, 0.29) is 57.4 Å². The highest BCUT2D eigenvalue weighted by Gasteiger charge is 2.50. The van der Waals surface area contributed by atoms with Crippen LogP contribution in [0.15, 0.2) is 42.5 Å². The first-order valence-electron chi connectivity index (χ1n) is 11.7. The molecule has 3 atom stereocenters. The molecule has 0 saturated heterocycles. The minimum Gasteiger partial charge on any atom is -0.467 e. The van der Waals surface area contributed by atoms with Crippen molar-refractivity contribution in [1.82, 2.24) is 5.32 Å². The van der Waals surface area contributed by atoms with Crippen LogP contribution in [0, 0.1) is 17.3 Å². The van der Waals surface area contributed by atoms with Crippen LogP contribution in [0.5, 0.6) is 0 Å². The molecule has 2 N–H and O–H groups in total. The van der Waals surface area contributed by atoms with E-state index in [0.717, 1.165) is 5.56 Å². The lowest BCUT2D eigenvalue weighted by molar-refractivity contribution is -0.146. The molecule has 0 spiro atoms. The molecule has 1 aliphatic rings. The molecule has 36 heavy (non-hydrogen) atoms. The lowest BCUT2D eigenvalue weighted by Gasteiger charge is -2.51. The monoisotopic (exact) mass is 532 g/mol. The van der Waals surface area contributed by atoms with E-state index >= 15 is 0 Å².